The Labute approximate surface area is 143 Å². The second kappa shape index (κ2) is 6.72. The number of carbonyl (C=O) groups excluding carboxylic acids is 1. The van der Waals surface area contributed by atoms with Crippen LogP contribution in [0.25, 0.3) is 17.0 Å². The molecule has 0 saturated carbocycles. The fourth-order valence-corrected chi connectivity index (χ4v) is 2.34. The number of aromatic nitrogens is 1. The highest BCUT2D eigenvalue weighted by Crippen LogP contribution is 2.26. The minimum absolute atomic E-state index is 0.141. The van der Waals surface area contributed by atoms with Crippen LogP contribution in [0.3, 0.4) is 0 Å². The molecule has 25 heavy (non-hydrogen) atoms. The molecule has 6 heteroatoms. The molecule has 1 aromatic heterocycles. The Bertz CT molecular complexity index is 1030. The van der Waals surface area contributed by atoms with Crippen molar-refractivity contribution in [2.45, 2.75) is 0 Å². The summed E-state index contributed by atoms with van der Waals surface area (Å²) in [6, 6.07) is 14.9. The normalized spacial score (nSPS) is 11.1. The van der Waals surface area contributed by atoms with Crippen molar-refractivity contribution < 1.29 is 15.0 Å². The van der Waals surface area contributed by atoms with Crippen LogP contribution in [0.15, 0.2) is 60.3 Å². The molecule has 3 N–H and O–H groups in total. The summed E-state index contributed by atoms with van der Waals surface area (Å²) in [5, 5.41) is 31.6. The first-order chi connectivity index (χ1) is 12.1. The fraction of sp³-hybridized carbons (Fsp3) is 0. The lowest BCUT2D eigenvalue weighted by molar-refractivity contribution is -0.112. The van der Waals surface area contributed by atoms with Crippen LogP contribution in [0.4, 0.5) is 5.69 Å². The van der Waals surface area contributed by atoms with Gasteiger partial charge in [0.25, 0.3) is 5.91 Å². The lowest BCUT2D eigenvalue weighted by atomic mass is 10.1. The highest BCUT2D eigenvalue weighted by Gasteiger charge is 2.12. The van der Waals surface area contributed by atoms with Gasteiger partial charge >= 0.3 is 0 Å². The van der Waals surface area contributed by atoms with Crippen LogP contribution in [0.2, 0.25) is 0 Å². The van der Waals surface area contributed by atoms with E-state index < -0.39 is 5.91 Å². The lowest BCUT2D eigenvalue weighted by Gasteiger charge is -2.07. The number of rotatable bonds is 3. The molecule has 0 aliphatic carbocycles. The molecular weight excluding hydrogens is 318 g/mol. The number of nitriles is 1. The summed E-state index contributed by atoms with van der Waals surface area (Å²) in [6.07, 6.45) is 2.95. The van der Waals surface area contributed by atoms with E-state index in [-0.39, 0.29) is 17.1 Å². The minimum atomic E-state index is -0.590. The SMILES string of the molecule is N#C/C(=C\c1ccc(O)c(O)c1)C(=O)Nc1cccc2cccnc12. The molecule has 0 aliphatic rings. The molecule has 2 aromatic carbocycles. The summed E-state index contributed by atoms with van der Waals surface area (Å²) < 4.78 is 0. The molecule has 122 valence electrons. The van der Waals surface area contributed by atoms with Crippen molar-refractivity contribution in [3.8, 4) is 17.6 Å². The molecule has 6 nitrogen and oxygen atoms in total. The molecule has 1 amide bonds. The Morgan fingerprint density at radius 1 is 1.12 bits per heavy atom. The molecule has 0 unspecified atom stereocenters. The van der Waals surface area contributed by atoms with Gasteiger partial charge in [-0.05, 0) is 35.9 Å². The molecule has 1 heterocycles. The number of amides is 1. The number of carbonyl (C=O) groups is 1. The van der Waals surface area contributed by atoms with Crippen molar-refractivity contribution in [2.75, 3.05) is 5.32 Å². The summed E-state index contributed by atoms with van der Waals surface area (Å²) in [6.45, 7) is 0. The van der Waals surface area contributed by atoms with Crippen LogP contribution in [-0.2, 0) is 4.79 Å². The lowest BCUT2D eigenvalue weighted by Crippen LogP contribution is -2.13. The van der Waals surface area contributed by atoms with Crippen molar-refractivity contribution in [2.24, 2.45) is 0 Å². The zero-order valence-corrected chi connectivity index (χ0v) is 13.0. The topological polar surface area (TPSA) is 106 Å². The van der Waals surface area contributed by atoms with Crippen molar-refractivity contribution in [1.82, 2.24) is 4.98 Å². The molecule has 0 aliphatic heterocycles. The Hall–Kier alpha value is -3.85. The van der Waals surface area contributed by atoms with Crippen LogP contribution in [0.5, 0.6) is 11.5 Å². The largest absolute Gasteiger partial charge is 0.504 e. The van der Waals surface area contributed by atoms with E-state index in [1.54, 1.807) is 24.4 Å². The van der Waals surface area contributed by atoms with Crippen LogP contribution in [0.1, 0.15) is 5.56 Å². The maximum absolute atomic E-state index is 12.4. The zero-order valence-electron chi connectivity index (χ0n) is 13.0. The second-order valence-electron chi connectivity index (χ2n) is 5.25. The third-order valence-corrected chi connectivity index (χ3v) is 3.56. The van der Waals surface area contributed by atoms with E-state index in [4.69, 9.17) is 0 Å². The van der Waals surface area contributed by atoms with Gasteiger partial charge in [-0.15, -0.1) is 0 Å². The summed E-state index contributed by atoms with van der Waals surface area (Å²) in [7, 11) is 0. The van der Waals surface area contributed by atoms with Gasteiger partial charge < -0.3 is 15.5 Å². The molecule has 0 atom stereocenters. The van der Waals surface area contributed by atoms with Crippen LogP contribution in [0, 0.1) is 11.3 Å². The number of nitrogens with one attached hydrogen (secondary N) is 1. The Kier molecular flexibility index (Phi) is 4.31. The van der Waals surface area contributed by atoms with E-state index in [0.717, 1.165) is 5.39 Å². The number of benzene rings is 2. The molecule has 0 fully saturated rings. The van der Waals surface area contributed by atoms with E-state index in [1.165, 1.54) is 24.3 Å². The van der Waals surface area contributed by atoms with Crippen LogP contribution >= 0.6 is 0 Å². The summed E-state index contributed by atoms with van der Waals surface area (Å²) in [4.78, 5) is 16.6. The number of hydrogen-bond donors (Lipinski definition) is 3. The molecule has 3 rings (SSSR count). The third kappa shape index (κ3) is 3.41. The Morgan fingerprint density at radius 3 is 2.68 bits per heavy atom. The summed E-state index contributed by atoms with van der Waals surface area (Å²) >= 11 is 0. The van der Waals surface area contributed by atoms with Crippen LogP contribution < -0.4 is 5.32 Å². The van der Waals surface area contributed by atoms with E-state index >= 15 is 0 Å². The maximum atomic E-state index is 12.4. The number of nitrogens with zero attached hydrogens (tertiary/aromatic N) is 2. The highest BCUT2D eigenvalue weighted by molar-refractivity contribution is 6.12. The first kappa shape index (κ1) is 16.0. The van der Waals surface area contributed by atoms with Gasteiger partial charge in [0.2, 0.25) is 0 Å². The number of para-hydroxylation sites is 1. The monoisotopic (exact) mass is 331 g/mol. The number of fused-ring (bicyclic) bond motifs is 1. The van der Waals surface area contributed by atoms with Crippen molar-refractivity contribution in [1.29, 1.82) is 5.26 Å². The van der Waals surface area contributed by atoms with Crippen LogP contribution in [-0.4, -0.2) is 21.1 Å². The van der Waals surface area contributed by atoms with E-state index in [0.29, 0.717) is 16.8 Å². The number of phenolic OH excluding ortho intramolecular Hbond substituents is 2. The number of phenols is 2. The molecule has 0 saturated heterocycles. The van der Waals surface area contributed by atoms with Gasteiger partial charge in [-0.25, -0.2) is 0 Å². The average Bonchev–Trinajstić information content (AvgIpc) is 2.63. The fourth-order valence-electron chi connectivity index (χ4n) is 2.34. The molecule has 0 spiro atoms. The quantitative estimate of drug-likeness (QED) is 0.388. The van der Waals surface area contributed by atoms with Gasteiger partial charge in [-0.1, -0.05) is 24.3 Å². The second-order valence-corrected chi connectivity index (χ2v) is 5.25. The third-order valence-electron chi connectivity index (χ3n) is 3.56. The number of aromatic hydroxyl groups is 2. The van der Waals surface area contributed by atoms with Gasteiger partial charge in [0.1, 0.15) is 11.6 Å². The first-order valence-electron chi connectivity index (χ1n) is 7.37. The molecular formula is C19H13N3O3. The maximum Gasteiger partial charge on any atom is 0.266 e. The van der Waals surface area contributed by atoms with E-state index in [9.17, 15) is 20.3 Å². The van der Waals surface area contributed by atoms with E-state index in [2.05, 4.69) is 10.3 Å². The van der Waals surface area contributed by atoms with E-state index in [1.807, 2.05) is 18.2 Å². The van der Waals surface area contributed by atoms with Gasteiger partial charge in [0.15, 0.2) is 11.5 Å². The smallest absolute Gasteiger partial charge is 0.266 e. The number of hydrogen-bond acceptors (Lipinski definition) is 5. The molecule has 0 bridgehead atoms. The number of pyridine rings is 1. The van der Waals surface area contributed by atoms with Gasteiger partial charge in [-0.2, -0.15) is 5.26 Å². The number of anilines is 1. The van der Waals surface area contributed by atoms with Gasteiger partial charge in [0.05, 0.1) is 11.2 Å². The van der Waals surface area contributed by atoms with Crippen molar-refractivity contribution >= 4 is 28.6 Å². The minimum Gasteiger partial charge on any atom is -0.504 e. The average molecular weight is 331 g/mol. The van der Waals surface area contributed by atoms with Gasteiger partial charge in [-0.3, -0.25) is 9.78 Å². The first-order valence-corrected chi connectivity index (χ1v) is 7.37. The molecule has 3 aromatic rings. The highest BCUT2D eigenvalue weighted by atomic mass is 16.3. The summed E-state index contributed by atoms with van der Waals surface area (Å²) in [5.74, 6) is -1.19. The Balaban J connectivity index is 1.91. The predicted molar refractivity (Wildman–Crippen MR) is 93.7 cm³/mol. The van der Waals surface area contributed by atoms with Crippen molar-refractivity contribution in [3.63, 3.8) is 0 Å². The van der Waals surface area contributed by atoms with Gasteiger partial charge in [0, 0.05) is 11.6 Å². The molecule has 0 radical (unpaired) electrons. The van der Waals surface area contributed by atoms with Crippen molar-refractivity contribution in [3.05, 3.63) is 65.9 Å². The summed E-state index contributed by atoms with van der Waals surface area (Å²) in [5.41, 5.74) is 1.40. The zero-order chi connectivity index (χ0) is 17.8. The Morgan fingerprint density at radius 2 is 1.92 bits per heavy atom. The standard InChI is InChI=1S/C19H13N3O3/c20-11-14(9-12-6-7-16(23)17(24)10-12)19(25)22-15-5-1-3-13-4-2-8-21-18(13)15/h1-10,23-24H,(H,22,25)/b14-9+. The predicted octanol–water partition coefficient (Wildman–Crippen LogP) is 3.19.